The predicted octanol–water partition coefficient (Wildman–Crippen LogP) is 3.84. The van der Waals surface area contributed by atoms with Crippen LogP contribution in [-0.2, 0) is 9.84 Å². The van der Waals surface area contributed by atoms with Gasteiger partial charge < -0.3 is 5.32 Å². The zero-order valence-corrected chi connectivity index (χ0v) is 15.8. The van der Waals surface area contributed by atoms with Crippen LogP contribution in [0.15, 0.2) is 47.5 Å². The standard InChI is InChI=1S/C19H26N2O2S/c1-13(2)18(19-14(3)7-6-12-20-19)21-15(4)16-8-10-17(11-9-16)24(5,22)23/h6-13,15,18,21H,1-5H3/t15-,18+/m1/s1. The van der Waals surface area contributed by atoms with Gasteiger partial charge in [-0.15, -0.1) is 0 Å². The lowest BCUT2D eigenvalue weighted by molar-refractivity contribution is 0.366. The van der Waals surface area contributed by atoms with Crippen LogP contribution in [-0.4, -0.2) is 19.7 Å². The number of pyridine rings is 1. The second-order valence-electron chi connectivity index (χ2n) is 6.66. The van der Waals surface area contributed by atoms with Gasteiger partial charge in [-0.05, 0) is 49.1 Å². The van der Waals surface area contributed by atoms with Gasteiger partial charge in [0.25, 0.3) is 0 Å². The molecule has 1 aromatic carbocycles. The normalized spacial score (nSPS) is 14.6. The quantitative estimate of drug-likeness (QED) is 0.863. The largest absolute Gasteiger partial charge is 0.302 e. The van der Waals surface area contributed by atoms with Crippen molar-refractivity contribution in [3.63, 3.8) is 0 Å². The molecule has 0 aliphatic rings. The summed E-state index contributed by atoms with van der Waals surface area (Å²) in [4.78, 5) is 4.90. The average molecular weight is 346 g/mol. The monoisotopic (exact) mass is 346 g/mol. The number of sulfone groups is 1. The molecule has 0 fully saturated rings. The smallest absolute Gasteiger partial charge is 0.175 e. The Kier molecular flexibility index (Phi) is 5.78. The Balaban J connectivity index is 2.22. The SMILES string of the molecule is Cc1cccnc1[C@@H](N[C@H](C)c1ccc(S(C)(=O)=O)cc1)C(C)C. The molecule has 24 heavy (non-hydrogen) atoms. The second kappa shape index (κ2) is 7.45. The maximum Gasteiger partial charge on any atom is 0.175 e. The average Bonchev–Trinajstić information content (AvgIpc) is 2.52. The summed E-state index contributed by atoms with van der Waals surface area (Å²) in [5, 5.41) is 3.64. The molecule has 0 radical (unpaired) electrons. The number of hydrogen-bond donors (Lipinski definition) is 1. The maximum absolute atomic E-state index is 11.6. The van der Waals surface area contributed by atoms with Gasteiger partial charge in [0.05, 0.1) is 16.6 Å². The van der Waals surface area contributed by atoms with Crippen LogP contribution in [0.5, 0.6) is 0 Å². The number of nitrogens with zero attached hydrogens (tertiary/aromatic N) is 1. The molecule has 2 aromatic rings. The molecule has 0 saturated heterocycles. The van der Waals surface area contributed by atoms with Crippen LogP contribution < -0.4 is 5.32 Å². The van der Waals surface area contributed by atoms with Crippen molar-refractivity contribution in [3.05, 3.63) is 59.4 Å². The van der Waals surface area contributed by atoms with E-state index < -0.39 is 9.84 Å². The van der Waals surface area contributed by atoms with Crippen molar-refractivity contribution in [2.45, 2.75) is 44.7 Å². The van der Waals surface area contributed by atoms with Gasteiger partial charge in [-0.25, -0.2) is 8.42 Å². The zero-order valence-electron chi connectivity index (χ0n) is 14.9. The molecule has 0 spiro atoms. The first kappa shape index (κ1) is 18.6. The lowest BCUT2D eigenvalue weighted by Crippen LogP contribution is -2.29. The Bertz CT molecular complexity index is 783. The van der Waals surface area contributed by atoms with Crippen molar-refractivity contribution in [3.8, 4) is 0 Å². The van der Waals surface area contributed by atoms with E-state index in [4.69, 9.17) is 0 Å². The van der Waals surface area contributed by atoms with E-state index >= 15 is 0 Å². The highest BCUT2D eigenvalue weighted by molar-refractivity contribution is 7.90. The second-order valence-corrected chi connectivity index (χ2v) is 8.67. The minimum Gasteiger partial charge on any atom is -0.302 e. The lowest BCUT2D eigenvalue weighted by Gasteiger charge is -2.27. The van der Waals surface area contributed by atoms with Gasteiger partial charge >= 0.3 is 0 Å². The molecule has 0 saturated carbocycles. The third-order valence-electron chi connectivity index (χ3n) is 4.25. The lowest BCUT2D eigenvalue weighted by atomic mass is 9.95. The Hall–Kier alpha value is -1.72. The Morgan fingerprint density at radius 1 is 1.04 bits per heavy atom. The van der Waals surface area contributed by atoms with Gasteiger partial charge in [0, 0.05) is 18.5 Å². The van der Waals surface area contributed by atoms with E-state index in [2.05, 4.69) is 44.1 Å². The van der Waals surface area contributed by atoms with Crippen LogP contribution in [0.3, 0.4) is 0 Å². The van der Waals surface area contributed by atoms with E-state index in [0.29, 0.717) is 10.8 Å². The van der Waals surface area contributed by atoms with Crippen molar-refractivity contribution < 1.29 is 8.42 Å². The van der Waals surface area contributed by atoms with Crippen LogP contribution in [0, 0.1) is 12.8 Å². The molecule has 2 rings (SSSR count). The first-order valence-corrected chi connectivity index (χ1v) is 10.1. The highest BCUT2D eigenvalue weighted by Crippen LogP contribution is 2.27. The fourth-order valence-electron chi connectivity index (χ4n) is 2.78. The molecule has 1 N–H and O–H groups in total. The molecule has 1 heterocycles. The first-order chi connectivity index (χ1) is 11.2. The fourth-order valence-corrected chi connectivity index (χ4v) is 3.41. The van der Waals surface area contributed by atoms with Gasteiger partial charge in [0.15, 0.2) is 9.84 Å². The predicted molar refractivity (Wildman–Crippen MR) is 97.7 cm³/mol. The van der Waals surface area contributed by atoms with E-state index in [9.17, 15) is 8.42 Å². The van der Waals surface area contributed by atoms with Crippen molar-refractivity contribution in [1.82, 2.24) is 10.3 Å². The van der Waals surface area contributed by atoms with Gasteiger partial charge in [-0.2, -0.15) is 0 Å². The van der Waals surface area contributed by atoms with E-state index in [1.54, 1.807) is 12.1 Å². The number of nitrogens with one attached hydrogen (secondary N) is 1. The van der Waals surface area contributed by atoms with Crippen molar-refractivity contribution in [2.24, 2.45) is 5.92 Å². The summed E-state index contributed by atoms with van der Waals surface area (Å²) in [6.07, 6.45) is 3.05. The molecule has 0 amide bonds. The summed E-state index contributed by atoms with van der Waals surface area (Å²) in [6, 6.07) is 11.3. The van der Waals surface area contributed by atoms with Crippen molar-refractivity contribution in [1.29, 1.82) is 0 Å². The van der Waals surface area contributed by atoms with Gasteiger partial charge in [-0.1, -0.05) is 32.0 Å². The minimum atomic E-state index is -3.16. The van der Waals surface area contributed by atoms with Gasteiger partial charge in [0.1, 0.15) is 0 Å². The number of hydrogen-bond acceptors (Lipinski definition) is 4. The van der Waals surface area contributed by atoms with Crippen molar-refractivity contribution >= 4 is 9.84 Å². The summed E-state index contributed by atoms with van der Waals surface area (Å²) >= 11 is 0. The van der Waals surface area contributed by atoms with Gasteiger partial charge in [0.2, 0.25) is 0 Å². The molecular weight excluding hydrogens is 320 g/mol. The molecule has 130 valence electrons. The van der Waals surface area contributed by atoms with Crippen LogP contribution in [0.25, 0.3) is 0 Å². The molecule has 4 nitrogen and oxygen atoms in total. The molecular formula is C19H26N2O2S. The number of aromatic nitrogens is 1. The van der Waals surface area contributed by atoms with Crippen LogP contribution >= 0.6 is 0 Å². The van der Waals surface area contributed by atoms with E-state index in [1.165, 1.54) is 11.8 Å². The molecule has 0 unspecified atom stereocenters. The number of benzene rings is 1. The fraction of sp³-hybridized carbons (Fsp3) is 0.421. The Morgan fingerprint density at radius 2 is 1.67 bits per heavy atom. The summed E-state index contributed by atoms with van der Waals surface area (Å²) in [7, 11) is -3.16. The van der Waals surface area contributed by atoms with Gasteiger partial charge in [-0.3, -0.25) is 4.98 Å². The highest BCUT2D eigenvalue weighted by Gasteiger charge is 2.21. The third-order valence-corrected chi connectivity index (χ3v) is 5.38. The molecule has 0 bridgehead atoms. The summed E-state index contributed by atoms with van der Waals surface area (Å²) in [5.74, 6) is 0.386. The zero-order chi connectivity index (χ0) is 17.9. The van der Waals surface area contributed by atoms with E-state index in [1.807, 2.05) is 24.4 Å². The summed E-state index contributed by atoms with van der Waals surface area (Å²) < 4.78 is 23.2. The van der Waals surface area contributed by atoms with Crippen LogP contribution in [0.2, 0.25) is 0 Å². The molecule has 0 aliphatic carbocycles. The van der Waals surface area contributed by atoms with E-state index in [-0.39, 0.29) is 12.1 Å². The first-order valence-electron chi connectivity index (χ1n) is 8.17. The topological polar surface area (TPSA) is 59.1 Å². The summed E-state index contributed by atoms with van der Waals surface area (Å²) in [6.45, 7) is 8.50. The highest BCUT2D eigenvalue weighted by atomic mass is 32.2. The van der Waals surface area contributed by atoms with Crippen LogP contribution in [0.1, 0.15) is 49.7 Å². The molecule has 0 aliphatic heterocycles. The number of aryl methyl sites for hydroxylation is 1. The Labute approximate surface area is 145 Å². The molecule has 1 aromatic heterocycles. The third kappa shape index (κ3) is 4.42. The number of rotatable bonds is 6. The molecule has 2 atom stereocenters. The Morgan fingerprint density at radius 3 is 2.17 bits per heavy atom. The van der Waals surface area contributed by atoms with E-state index in [0.717, 1.165) is 11.3 Å². The maximum atomic E-state index is 11.6. The van der Waals surface area contributed by atoms with Crippen molar-refractivity contribution in [2.75, 3.05) is 6.26 Å². The minimum absolute atomic E-state index is 0.0902. The van der Waals surface area contributed by atoms with Crippen LogP contribution in [0.4, 0.5) is 0 Å². The summed E-state index contributed by atoms with van der Waals surface area (Å²) in [5.41, 5.74) is 3.29. The molecule has 5 heteroatoms.